The first-order valence-electron chi connectivity index (χ1n) is 9.91. The Kier molecular flexibility index (Phi) is 5.55. The summed E-state index contributed by atoms with van der Waals surface area (Å²) < 4.78 is 2.16. The van der Waals surface area contributed by atoms with Crippen molar-refractivity contribution in [2.45, 2.75) is 25.9 Å². The maximum Gasteiger partial charge on any atom is 0.244 e. The molecule has 1 aromatic carbocycles. The molecule has 1 amide bonds. The first kappa shape index (κ1) is 20.1. The smallest absolute Gasteiger partial charge is 0.244 e. The molecule has 1 saturated heterocycles. The minimum atomic E-state index is -0.135. The average molecular weight is 420 g/mol. The normalized spacial score (nSPS) is 18.4. The van der Waals surface area contributed by atoms with E-state index in [9.17, 15) is 4.79 Å². The first-order valence-corrected chi connectivity index (χ1v) is 10.3. The number of thiocarbonyl (C=S) groups is 1. The van der Waals surface area contributed by atoms with Crippen LogP contribution in [-0.4, -0.2) is 32.0 Å². The molecule has 4 rings (SSSR count). The molecule has 6 nitrogen and oxygen atoms in total. The maximum absolute atomic E-state index is 12.8. The van der Waals surface area contributed by atoms with Gasteiger partial charge in [0.25, 0.3) is 0 Å². The van der Waals surface area contributed by atoms with Gasteiger partial charge in [-0.15, -0.1) is 0 Å². The van der Waals surface area contributed by atoms with Crippen LogP contribution in [0.25, 0.3) is 0 Å². The lowest BCUT2D eigenvalue weighted by Crippen LogP contribution is -2.37. The predicted octanol–water partition coefficient (Wildman–Crippen LogP) is 3.65. The van der Waals surface area contributed by atoms with E-state index in [4.69, 9.17) is 12.2 Å². The van der Waals surface area contributed by atoms with Gasteiger partial charge in [0.1, 0.15) is 6.54 Å². The molecule has 154 valence electrons. The lowest BCUT2D eigenvalue weighted by Gasteiger charge is -2.27. The van der Waals surface area contributed by atoms with E-state index in [1.54, 1.807) is 6.20 Å². The van der Waals surface area contributed by atoms with Gasteiger partial charge in [0.15, 0.2) is 5.11 Å². The van der Waals surface area contributed by atoms with Crippen LogP contribution < -0.4 is 10.6 Å². The maximum atomic E-state index is 12.8. The van der Waals surface area contributed by atoms with Gasteiger partial charge >= 0.3 is 0 Å². The molecule has 0 radical (unpaired) electrons. The number of hydrogen-bond acceptors (Lipinski definition) is 3. The van der Waals surface area contributed by atoms with Crippen molar-refractivity contribution in [3.05, 3.63) is 83.4 Å². The fourth-order valence-corrected chi connectivity index (χ4v) is 4.28. The van der Waals surface area contributed by atoms with Crippen LogP contribution in [-0.2, 0) is 11.8 Å². The van der Waals surface area contributed by atoms with Crippen molar-refractivity contribution in [2.75, 3.05) is 11.9 Å². The Bertz CT molecular complexity index is 1060. The van der Waals surface area contributed by atoms with Gasteiger partial charge in [-0.2, -0.15) is 0 Å². The van der Waals surface area contributed by atoms with Crippen LogP contribution in [0, 0.1) is 13.8 Å². The molecular weight excluding hydrogens is 394 g/mol. The van der Waals surface area contributed by atoms with E-state index in [0.29, 0.717) is 5.11 Å². The molecule has 0 unspecified atom stereocenters. The lowest BCUT2D eigenvalue weighted by atomic mass is 9.97. The molecule has 0 bridgehead atoms. The molecule has 1 fully saturated rings. The lowest BCUT2D eigenvalue weighted by molar-refractivity contribution is -0.116. The van der Waals surface area contributed by atoms with Crippen LogP contribution in [0.1, 0.15) is 34.7 Å². The summed E-state index contributed by atoms with van der Waals surface area (Å²) in [4.78, 5) is 19.4. The summed E-state index contributed by atoms with van der Waals surface area (Å²) in [5.41, 5.74) is 5.12. The number of aryl methyl sites for hydroxylation is 1. The largest absolute Gasteiger partial charge is 0.352 e. The van der Waals surface area contributed by atoms with Gasteiger partial charge in [-0.3, -0.25) is 9.78 Å². The number of carbonyl (C=O) groups is 1. The highest BCUT2D eigenvalue weighted by Gasteiger charge is 2.41. The summed E-state index contributed by atoms with van der Waals surface area (Å²) in [6, 6.07) is 17.2. The van der Waals surface area contributed by atoms with Crippen LogP contribution >= 0.6 is 12.2 Å². The number of nitrogens with one attached hydrogen (secondary N) is 2. The Morgan fingerprint density at radius 1 is 1.17 bits per heavy atom. The van der Waals surface area contributed by atoms with Gasteiger partial charge in [-0.25, -0.2) is 0 Å². The van der Waals surface area contributed by atoms with Crippen molar-refractivity contribution >= 4 is 28.9 Å². The van der Waals surface area contributed by atoms with E-state index in [2.05, 4.69) is 47.1 Å². The van der Waals surface area contributed by atoms with Crippen molar-refractivity contribution in [3.63, 3.8) is 0 Å². The molecule has 1 aliphatic heterocycles. The quantitative estimate of drug-likeness (QED) is 0.618. The number of benzene rings is 1. The third-order valence-corrected chi connectivity index (χ3v) is 6.05. The molecule has 2 atom stereocenters. The summed E-state index contributed by atoms with van der Waals surface area (Å²) in [7, 11) is 2.05. The fourth-order valence-electron chi connectivity index (χ4n) is 3.97. The van der Waals surface area contributed by atoms with Gasteiger partial charge in [0, 0.05) is 30.3 Å². The molecule has 3 aromatic rings. The van der Waals surface area contributed by atoms with E-state index in [0.717, 1.165) is 28.3 Å². The van der Waals surface area contributed by atoms with Crippen LogP contribution in [0.5, 0.6) is 0 Å². The van der Waals surface area contributed by atoms with E-state index < -0.39 is 0 Å². The molecule has 2 aromatic heterocycles. The van der Waals surface area contributed by atoms with Crippen molar-refractivity contribution in [2.24, 2.45) is 7.05 Å². The van der Waals surface area contributed by atoms with Crippen LogP contribution in [0.15, 0.2) is 60.8 Å². The van der Waals surface area contributed by atoms with Gasteiger partial charge < -0.3 is 20.1 Å². The second kappa shape index (κ2) is 8.28. The zero-order valence-electron chi connectivity index (χ0n) is 17.3. The number of amides is 1. The van der Waals surface area contributed by atoms with Gasteiger partial charge in [0.05, 0.1) is 17.8 Å². The average Bonchev–Trinajstić information content (AvgIpc) is 3.20. The number of hydrogen-bond donors (Lipinski definition) is 2. The Hall–Kier alpha value is -3.19. The van der Waals surface area contributed by atoms with Gasteiger partial charge in [-0.1, -0.05) is 24.3 Å². The number of rotatable bonds is 5. The molecular formula is C23H25N5OS. The highest BCUT2D eigenvalue weighted by molar-refractivity contribution is 7.80. The zero-order valence-corrected chi connectivity index (χ0v) is 18.1. The number of nitrogens with zero attached hydrogens (tertiary/aromatic N) is 3. The topological polar surface area (TPSA) is 62.2 Å². The predicted molar refractivity (Wildman–Crippen MR) is 122 cm³/mol. The molecule has 7 heteroatoms. The molecule has 0 saturated carbocycles. The Labute approximate surface area is 181 Å². The standard InChI is InChI=1S/C23H25N5OS/c1-15-13-18(16(2)27(15)3)22-21(19-11-7-8-12-24-19)26-23(30)28(22)14-20(29)25-17-9-5-4-6-10-17/h4-13,21-22H,14H2,1-3H3,(H,25,29)(H,26,30)/t21-,22-/m0/s1. The van der Waals surface area contributed by atoms with Crippen molar-refractivity contribution in [1.29, 1.82) is 0 Å². The third-order valence-electron chi connectivity index (χ3n) is 5.70. The molecule has 2 N–H and O–H groups in total. The highest BCUT2D eigenvalue weighted by atomic mass is 32.1. The minimum Gasteiger partial charge on any atom is -0.352 e. The monoisotopic (exact) mass is 419 g/mol. The minimum absolute atomic E-state index is 0.109. The van der Waals surface area contributed by atoms with E-state index in [1.807, 2.05) is 53.4 Å². The number of pyridine rings is 1. The van der Waals surface area contributed by atoms with Crippen molar-refractivity contribution < 1.29 is 4.79 Å². The summed E-state index contributed by atoms with van der Waals surface area (Å²) >= 11 is 5.66. The SMILES string of the molecule is Cc1cc([C@H]2[C@H](c3ccccn3)NC(=S)N2CC(=O)Nc2ccccc2)c(C)n1C. The highest BCUT2D eigenvalue weighted by Crippen LogP contribution is 2.40. The summed E-state index contributed by atoms with van der Waals surface area (Å²) in [6.07, 6.45) is 1.78. The fraction of sp³-hybridized carbons (Fsp3) is 0.261. The van der Waals surface area contributed by atoms with Crippen LogP contribution in [0.4, 0.5) is 5.69 Å². The van der Waals surface area contributed by atoms with E-state index in [1.165, 1.54) is 0 Å². The van der Waals surface area contributed by atoms with E-state index in [-0.39, 0.29) is 24.5 Å². The molecule has 0 aliphatic carbocycles. The molecule has 1 aliphatic rings. The summed E-state index contributed by atoms with van der Waals surface area (Å²) in [5, 5.41) is 6.91. The van der Waals surface area contributed by atoms with Crippen LogP contribution in [0.3, 0.4) is 0 Å². The number of para-hydroxylation sites is 1. The third kappa shape index (κ3) is 3.80. The summed E-state index contributed by atoms with van der Waals surface area (Å²) in [6.45, 7) is 4.34. The van der Waals surface area contributed by atoms with Gasteiger partial charge in [-0.05, 0) is 62.0 Å². The summed E-state index contributed by atoms with van der Waals surface area (Å²) in [5.74, 6) is -0.109. The molecule has 3 heterocycles. The second-order valence-corrected chi connectivity index (χ2v) is 7.94. The Balaban J connectivity index is 1.67. The second-order valence-electron chi connectivity index (χ2n) is 7.55. The zero-order chi connectivity index (χ0) is 21.3. The number of aromatic nitrogens is 2. The Morgan fingerprint density at radius 3 is 2.53 bits per heavy atom. The van der Waals surface area contributed by atoms with Crippen molar-refractivity contribution in [3.8, 4) is 0 Å². The number of anilines is 1. The van der Waals surface area contributed by atoms with Crippen LogP contribution in [0.2, 0.25) is 0 Å². The molecule has 0 spiro atoms. The van der Waals surface area contributed by atoms with Gasteiger partial charge in [0.2, 0.25) is 5.91 Å². The first-order chi connectivity index (χ1) is 14.5. The van der Waals surface area contributed by atoms with Crippen molar-refractivity contribution in [1.82, 2.24) is 19.8 Å². The number of carbonyl (C=O) groups excluding carboxylic acids is 1. The van der Waals surface area contributed by atoms with E-state index >= 15 is 0 Å². The molecule has 30 heavy (non-hydrogen) atoms. The Morgan fingerprint density at radius 2 is 1.90 bits per heavy atom.